The van der Waals surface area contributed by atoms with Gasteiger partial charge in [-0.15, -0.1) is 0 Å². The standard InChI is InChI=1S/C15H31IO/c1-2-3-4-5-6-7-8-9-10-11-14-17-15-12-13-16/h2-15H2,1H3. The van der Waals surface area contributed by atoms with E-state index in [9.17, 15) is 0 Å². The predicted molar refractivity (Wildman–Crippen MR) is 86.2 cm³/mol. The number of hydrogen-bond donors (Lipinski definition) is 0. The molecule has 0 aliphatic carbocycles. The van der Waals surface area contributed by atoms with E-state index in [1.54, 1.807) is 0 Å². The van der Waals surface area contributed by atoms with E-state index in [0.29, 0.717) is 0 Å². The van der Waals surface area contributed by atoms with Crippen molar-refractivity contribution in [1.29, 1.82) is 0 Å². The molecular formula is C15H31IO. The average Bonchev–Trinajstić information content (AvgIpc) is 2.35. The molecule has 0 aromatic rings. The minimum atomic E-state index is 0.959. The largest absolute Gasteiger partial charge is 0.381 e. The second-order valence-electron chi connectivity index (χ2n) is 4.84. The van der Waals surface area contributed by atoms with Crippen LogP contribution in [0, 0.1) is 0 Å². The van der Waals surface area contributed by atoms with Crippen molar-refractivity contribution in [1.82, 2.24) is 0 Å². The lowest BCUT2D eigenvalue weighted by Gasteiger charge is -2.03. The molecular weight excluding hydrogens is 323 g/mol. The van der Waals surface area contributed by atoms with Gasteiger partial charge < -0.3 is 4.74 Å². The van der Waals surface area contributed by atoms with E-state index >= 15 is 0 Å². The van der Waals surface area contributed by atoms with Crippen molar-refractivity contribution in [3.8, 4) is 0 Å². The molecule has 0 spiro atoms. The van der Waals surface area contributed by atoms with Gasteiger partial charge >= 0.3 is 0 Å². The molecule has 2 heteroatoms. The Morgan fingerprint density at radius 1 is 0.647 bits per heavy atom. The van der Waals surface area contributed by atoms with Crippen LogP contribution in [0.4, 0.5) is 0 Å². The van der Waals surface area contributed by atoms with E-state index in [1.165, 1.54) is 75.1 Å². The van der Waals surface area contributed by atoms with Crippen molar-refractivity contribution < 1.29 is 4.74 Å². The minimum Gasteiger partial charge on any atom is -0.381 e. The van der Waals surface area contributed by atoms with Crippen LogP contribution in [-0.4, -0.2) is 17.6 Å². The first-order chi connectivity index (χ1) is 8.41. The summed E-state index contributed by atoms with van der Waals surface area (Å²) in [5.41, 5.74) is 0. The van der Waals surface area contributed by atoms with E-state index in [2.05, 4.69) is 29.5 Å². The van der Waals surface area contributed by atoms with Crippen LogP contribution in [0.15, 0.2) is 0 Å². The summed E-state index contributed by atoms with van der Waals surface area (Å²) in [4.78, 5) is 0. The first-order valence-electron chi connectivity index (χ1n) is 7.55. The lowest BCUT2D eigenvalue weighted by molar-refractivity contribution is 0.131. The van der Waals surface area contributed by atoms with Gasteiger partial charge in [-0.05, 0) is 12.8 Å². The minimum absolute atomic E-state index is 0.959. The van der Waals surface area contributed by atoms with Crippen LogP contribution in [-0.2, 0) is 4.74 Å². The highest BCUT2D eigenvalue weighted by atomic mass is 127. The van der Waals surface area contributed by atoms with Crippen molar-refractivity contribution >= 4 is 22.6 Å². The van der Waals surface area contributed by atoms with Crippen LogP contribution >= 0.6 is 22.6 Å². The maximum atomic E-state index is 5.54. The molecule has 0 amide bonds. The third-order valence-electron chi connectivity index (χ3n) is 3.06. The van der Waals surface area contributed by atoms with Gasteiger partial charge in [0.15, 0.2) is 0 Å². The molecule has 0 rings (SSSR count). The van der Waals surface area contributed by atoms with E-state index in [1.807, 2.05) is 0 Å². The van der Waals surface area contributed by atoms with Crippen LogP contribution in [0.2, 0.25) is 0 Å². The van der Waals surface area contributed by atoms with Gasteiger partial charge in [0.05, 0.1) is 0 Å². The lowest BCUT2D eigenvalue weighted by Crippen LogP contribution is -1.97. The molecule has 0 saturated carbocycles. The van der Waals surface area contributed by atoms with Crippen LogP contribution in [0.3, 0.4) is 0 Å². The molecule has 0 N–H and O–H groups in total. The summed E-state index contributed by atoms with van der Waals surface area (Å²) in [6, 6.07) is 0. The Labute approximate surface area is 122 Å². The van der Waals surface area contributed by atoms with E-state index in [0.717, 1.165) is 13.2 Å². The molecule has 104 valence electrons. The second kappa shape index (κ2) is 16.7. The van der Waals surface area contributed by atoms with Crippen molar-refractivity contribution in [3.63, 3.8) is 0 Å². The van der Waals surface area contributed by atoms with Crippen molar-refractivity contribution in [2.75, 3.05) is 17.6 Å². The van der Waals surface area contributed by atoms with Crippen molar-refractivity contribution in [3.05, 3.63) is 0 Å². The Kier molecular flexibility index (Phi) is 17.4. The van der Waals surface area contributed by atoms with Gasteiger partial charge in [-0.3, -0.25) is 0 Å². The third kappa shape index (κ3) is 16.7. The fourth-order valence-corrected chi connectivity index (χ4v) is 2.26. The zero-order chi connectivity index (χ0) is 12.6. The molecule has 0 atom stereocenters. The molecule has 0 aromatic carbocycles. The monoisotopic (exact) mass is 354 g/mol. The van der Waals surface area contributed by atoms with Crippen LogP contribution in [0.25, 0.3) is 0 Å². The van der Waals surface area contributed by atoms with E-state index in [4.69, 9.17) is 4.74 Å². The SMILES string of the molecule is CCCCCCCCCCCCOCCCI. The molecule has 0 saturated heterocycles. The van der Waals surface area contributed by atoms with Gasteiger partial charge in [0.1, 0.15) is 0 Å². The predicted octanol–water partition coefficient (Wildman–Crippen LogP) is 5.75. The summed E-state index contributed by atoms with van der Waals surface area (Å²) >= 11 is 2.40. The smallest absolute Gasteiger partial charge is 0.0473 e. The normalized spacial score (nSPS) is 10.9. The quantitative estimate of drug-likeness (QED) is 0.219. The number of ether oxygens (including phenoxy) is 1. The highest BCUT2D eigenvalue weighted by molar-refractivity contribution is 14.1. The molecule has 0 radical (unpaired) electrons. The molecule has 0 aliphatic rings. The zero-order valence-electron chi connectivity index (χ0n) is 11.7. The third-order valence-corrected chi connectivity index (χ3v) is 3.83. The Morgan fingerprint density at radius 3 is 1.65 bits per heavy atom. The molecule has 0 fully saturated rings. The lowest BCUT2D eigenvalue weighted by atomic mass is 10.1. The summed E-state index contributed by atoms with van der Waals surface area (Å²) in [5.74, 6) is 0. The van der Waals surface area contributed by atoms with Crippen LogP contribution in [0.5, 0.6) is 0 Å². The summed E-state index contributed by atoms with van der Waals surface area (Å²) in [6.07, 6.45) is 15.2. The highest BCUT2D eigenvalue weighted by Crippen LogP contribution is 2.10. The van der Waals surface area contributed by atoms with Crippen LogP contribution in [0.1, 0.15) is 77.6 Å². The molecule has 0 heterocycles. The average molecular weight is 354 g/mol. The molecule has 0 aromatic heterocycles. The number of unbranched alkanes of at least 4 members (excludes halogenated alkanes) is 9. The Hall–Kier alpha value is 0.690. The zero-order valence-corrected chi connectivity index (χ0v) is 13.8. The van der Waals surface area contributed by atoms with Crippen molar-refractivity contribution in [2.45, 2.75) is 77.6 Å². The first-order valence-corrected chi connectivity index (χ1v) is 9.08. The Balaban J connectivity index is 2.85. The Bertz CT molecular complexity index is 114. The van der Waals surface area contributed by atoms with Crippen LogP contribution < -0.4 is 0 Å². The highest BCUT2D eigenvalue weighted by Gasteiger charge is 1.93. The molecule has 0 bridgehead atoms. The van der Waals surface area contributed by atoms with E-state index in [-0.39, 0.29) is 0 Å². The van der Waals surface area contributed by atoms with Gasteiger partial charge in [0.25, 0.3) is 0 Å². The summed E-state index contributed by atoms with van der Waals surface area (Å²) in [7, 11) is 0. The number of hydrogen-bond acceptors (Lipinski definition) is 1. The number of alkyl halides is 1. The maximum Gasteiger partial charge on any atom is 0.0473 e. The molecule has 17 heavy (non-hydrogen) atoms. The summed E-state index contributed by atoms with van der Waals surface area (Å²) in [5, 5.41) is 0. The summed E-state index contributed by atoms with van der Waals surface area (Å²) < 4.78 is 6.76. The summed E-state index contributed by atoms with van der Waals surface area (Å²) in [6.45, 7) is 4.22. The van der Waals surface area contributed by atoms with Gasteiger partial charge in [-0.2, -0.15) is 0 Å². The molecule has 1 nitrogen and oxygen atoms in total. The Morgan fingerprint density at radius 2 is 1.12 bits per heavy atom. The van der Waals surface area contributed by atoms with Gasteiger partial charge in [0.2, 0.25) is 0 Å². The fraction of sp³-hybridized carbons (Fsp3) is 1.00. The van der Waals surface area contributed by atoms with Crippen molar-refractivity contribution in [2.24, 2.45) is 0 Å². The van der Waals surface area contributed by atoms with Gasteiger partial charge in [-0.1, -0.05) is 87.3 Å². The van der Waals surface area contributed by atoms with E-state index < -0.39 is 0 Å². The second-order valence-corrected chi connectivity index (χ2v) is 5.92. The van der Waals surface area contributed by atoms with Gasteiger partial charge in [0, 0.05) is 17.6 Å². The molecule has 0 aliphatic heterocycles. The fourth-order valence-electron chi connectivity index (χ4n) is 1.95. The maximum absolute atomic E-state index is 5.54. The van der Waals surface area contributed by atoms with Gasteiger partial charge in [-0.25, -0.2) is 0 Å². The number of rotatable bonds is 14. The number of halogens is 1. The molecule has 0 unspecified atom stereocenters. The first kappa shape index (κ1) is 17.7. The topological polar surface area (TPSA) is 9.23 Å².